The summed E-state index contributed by atoms with van der Waals surface area (Å²) in [5, 5.41) is 0. The highest BCUT2D eigenvalue weighted by Gasteiger charge is 2.61. The molecule has 0 saturated carbocycles. The molecule has 0 amide bonds. The number of carbonyl (C=O) groups is 2. The molecule has 9 nitrogen and oxygen atoms in total. The number of esters is 2. The van der Waals surface area contributed by atoms with Gasteiger partial charge in [-0.2, -0.15) is 0 Å². The normalized spacial score (nSPS) is 28.2. The zero-order valence-electron chi connectivity index (χ0n) is 19.8. The van der Waals surface area contributed by atoms with E-state index in [9.17, 15) is 9.59 Å². The van der Waals surface area contributed by atoms with Crippen molar-refractivity contribution in [3.05, 3.63) is 95.6 Å². The van der Waals surface area contributed by atoms with Crippen molar-refractivity contribution < 1.29 is 28.5 Å². The van der Waals surface area contributed by atoms with Gasteiger partial charge in [0.15, 0.2) is 11.5 Å². The van der Waals surface area contributed by atoms with Crippen molar-refractivity contribution in [1.82, 2.24) is 14.9 Å². The van der Waals surface area contributed by atoms with Gasteiger partial charge in [-0.3, -0.25) is 14.9 Å². The van der Waals surface area contributed by atoms with Crippen molar-refractivity contribution in [3.63, 3.8) is 0 Å². The summed E-state index contributed by atoms with van der Waals surface area (Å²) in [7, 11) is 0. The van der Waals surface area contributed by atoms with Crippen molar-refractivity contribution in [2.45, 2.75) is 36.6 Å². The smallest absolute Gasteiger partial charge is 0.340 e. The van der Waals surface area contributed by atoms with Gasteiger partial charge >= 0.3 is 11.9 Å². The van der Waals surface area contributed by atoms with Crippen LogP contribution in [0.2, 0.25) is 0 Å². The second kappa shape index (κ2) is 8.41. The lowest BCUT2D eigenvalue weighted by atomic mass is 9.65. The molecular formula is C28H23N3O6. The van der Waals surface area contributed by atoms with E-state index >= 15 is 0 Å². The Bertz CT molecular complexity index is 1410. The molecule has 1 saturated heterocycles. The van der Waals surface area contributed by atoms with Crippen molar-refractivity contribution in [1.29, 1.82) is 0 Å². The molecule has 1 aromatic carbocycles. The standard InChI is InChI=1S/C28H23N3O6/c32-26(17-3-1-7-29-12-17)36-20-5-6-28-21-11-23-22(34-16-35-23)9-19(21)14-31(24(28)10-20)15-25(28)37-27(33)18-4-2-8-30-13-18/h1-9,11-13,20,24-25H,10,14-16H2/t20-,24+,25-,28+/m1/s1. The fourth-order valence-electron chi connectivity index (χ4n) is 6.08. The Balaban J connectivity index is 1.26. The molecule has 0 radical (unpaired) electrons. The van der Waals surface area contributed by atoms with Gasteiger partial charge in [0.05, 0.1) is 16.5 Å². The highest BCUT2D eigenvalue weighted by atomic mass is 16.7. The molecule has 9 heteroatoms. The lowest BCUT2D eigenvalue weighted by Crippen LogP contribution is -2.53. The topological polar surface area (TPSA) is 100 Å². The maximum atomic E-state index is 13.1. The van der Waals surface area contributed by atoms with Crippen LogP contribution in [0.5, 0.6) is 11.5 Å². The number of pyridine rings is 2. The highest BCUT2D eigenvalue weighted by molar-refractivity contribution is 5.89. The molecule has 186 valence electrons. The Morgan fingerprint density at radius 3 is 2.38 bits per heavy atom. The summed E-state index contributed by atoms with van der Waals surface area (Å²) < 4.78 is 23.3. The summed E-state index contributed by atoms with van der Waals surface area (Å²) in [5.41, 5.74) is 2.35. The molecule has 2 bridgehead atoms. The van der Waals surface area contributed by atoms with Gasteiger partial charge in [0, 0.05) is 50.3 Å². The Morgan fingerprint density at radius 2 is 1.68 bits per heavy atom. The van der Waals surface area contributed by atoms with Crippen LogP contribution in [0.3, 0.4) is 0 Å². The Hall–Kier alpha value is -4.24. The van der Waals surface area contributed by atoms with E-state index in [1.165, 1.54) is 12.4 Å². The van der Waals surface area contributed by atoms with E-state index in [1.54, 1.807) is 36.7 Å². The summed E-state index contributed by atoms with van der Waals surface area (Å²) in [6.45, 7) is 1.39. The van der Waals surface area contributed by atoms with E-state index in [0.717, 1.165) is 16.9 Å². The zero-order valence-corrected chi connectivity index (χ0v) is 19.8. The van der Waals surface area contributed by atoms with Crippen LogP contribution in [0, 0.1) is 0 Å². The number of aromatic nitrogens is 2. The molecule has 37 heavy (non-hydrogen) atoms. The number of nitrogens with zero attached hydrogens (tertiary/aromatic N) is 3. The maximum absolute atomic E-state index is 13.1. The van der Waals surface area contributed by atoms with Crippen LogP contribution in [0.15, 0.2) is 73.3 Å². The minimum atomic E-state index is -0.621. The number of fused-ring (bicyclic) bond motifs is 2. The van der Waals surface area contributed by atoms with E-state index in [1.807, 2.05) is 18.2 Å². The van der Waals surface area contributed by atoms with Crippen molar-refractivity contribution in [2.24, 2.45) is 0 Å². The Labute approximate surface area is 212 Å². The minimum Gasteiger partial charge on any atom is -0.456 e. The van der Waals surface area contributed by atoms with E-state index in [4.69, 9.17) is 18.9 Å². The first kappa shape index (κ1) is 22.0. The van der Waals surface area contributed by atoms with Crippen molar-refractivity contribution in [3.8, 4) is 11.5 Å². The molecule has 4 aliphatic rings. The van der Waals surface area contributed by atoms with Gasteiger partial charge in [-0.25, -0.2) is 9.59 Å². The third-order valence-corrected chi connectivity index (χ3v) is 7.71. The van der Waals surface area contributed by atoms with E-state index in [-0.39, 0.29) is 12.8 Å². The molecule has 5 heterocycles. The summed E-state index contributed by atoms with van der Waals surface area (Å²) in [6.07, 6.45) is 9.92. The third-order valence-electron chi connectivity index (χ3n) is 7.71. The molecular weight excluding hydrogens is 474 g/mol. The Kier molecular flexibility index (Phi) is 5.00. The van der Waals surface area contributed by atoms with Gasteiger partial charge in [0.2, 0.25) is 6.79 Å². The fraction of sp³-hybridized carbons (Fsp3) is 0.286. The van der Waals surface area contributed by atoms with Crippen LogP contribution in [0.1, 0.15) is 38.3 Å². The van der Waals surface area contributed by atoms with Crippen LogP contribution >= 0.6 is 0 Å². The lowest BCUT2D eigenvalue weighted by molar-refractivity contribution is 0.0157. The Morgan fingerprint density at radius 1 is 0.973 bits per heavy atom. The second-order valence-electron chi connectivity index (χ2n) is 9.66. The van der Waals surface area contributed by atoms with Crippen molar-refractivity contribution in [2.75, 3.05) is 13.3 Å². The first-order valence-electron chi connectivity index (χ1n) is 12.2. The molecule has 3 aliphatic heterocycles. The van der Waals surface area contributed by atoms with E-state index in [2.05, 4.69) is 20.9 Å². The predicted octanol–water partition coefficient (Wildman–Crippen LogP) is 3.05. The average molecular weight is 498 g/mol. The second-order valence-corrected chi connectivity index (χ2v) is 9.66. The van der Waals surface area contributed by atoms with Gasteiger partial charge in [0.25, 0.3) is 0 Å². The zero-order chi connectivity index (χ0) is 25.0. The molecule has 1 unspecified atom stereocenters. The molecule has 2 aromatic heterocycles. The van der Waals surface area contributed by atoms with Crippen LogP contribution in [-0.2, 0) is 21.4 Å². The van der Waals surface area contributed by atoms with Gasteiger partial charge in [-0.15, -0.1) is 0 Å². The summed E-state index contributed by atoms with van der Waals surface area (Å²) >= 11 is 0. The number of benzene rings is 1. The molecule has 1 fully saturated rings. The summed E-state index contributed by atoms with van der Waals surface area (Å²) in [4.78, 5) is 36.2. The number of hydrogen-bond donors (Lipinski definition) is 0. The van der Waals surface area contributed by atoms with Gasteiger partial charge in [-0.05, 0) is 53.6 Å². The number of ether oxygens (including phenoxy) is 4. The first-order valence-corrected chi connectivity index (χ1v) is 12.2. The molecule has 0 N–H and O–H groups in total. The SMILES string of the molecule is O=C(O[C@@H]1C=C[C@@]23c4cc5c(cc4CN(C[C@H]2OC(=O)c2cccnc2)[C@H]3C1)OCO5)c1cccnc1. The molecule has 1 aliphatic carbocycles. The van der Waals surface area contributed by atoms with Crippen LogP contribution in [0.25, 0.3) is 0 Å². The van der Waals surface area contributed by atoms with Gasteiger partial charge in [-0.1, -0.05) is 6.08 Å². The monoisotopic (exact) mass is 497 g/mol. The number of carbonyl (C=O) groups excluding carboxylic acids is 2. The summed E-state index contributed by atoms with van der Waals surface area (Å²) in [5.74, 6) is 0.574. The lowest BCUT2D eigenvalue weighted by Gasteiger charge is -2.46. The fourth-order valence-corrected chi connectivity index (χ4v) is 6.08. The van der Waals surface area contributed by atoms with Crippen LogP contribution < -0.4 is 9.47 Å². The average Bonchev–Trinajstić information content (AvgIpc) is 3.48. The van der Waals surface area contributed by atoms with Crippen LogP contribution in [0.4, 0.5) is 0 Å². The third kappa shape index (κ3) is 3.49. The quantitative estimate of drug-likeness (QED) is 0.398. The predicted molar refractivity (Wildman–Crippen MR) is 129 cm³/mol. The maximum Gasteiger partial charge on any atom is 0.340 e. The van der Waals surface area contributed by atoms with E-state index < -0.39 is 29.6 Å². The van der Waals surface area contributed by atoms with Crippen molar-refractivity contribution >= 4 is 11.9 Å². The van der Waals surface area contributed by atoms with Gasteiger partial charge in [0.1, 0.15) is 12.2 Å². The largest absolute Gasteiger partial charge is 0.456 e. The highest BCUT2D eigenvalue weighted by Crippen LogP contribution is 2.54. The van der Waals surface area contributed by atoms with E-state index in [0.29, 0.717) is 36.4 Å². The molecule has 7 rings (SSSR count). The first-order chi connectivity index (χ1) is 18.1. The summed E-state index contributed by atoms with van der Waals surface area (Å²) in [6, 6.07) is 10.8. The molecule has 0 spiro atoms. The number of rotatable bonds is 4. The minimum absolute atomic E-state index is 0.0382. The molecule has 3 aromatic rings. The molecule has 5 atom stereocenters. The number of hydrogen-bond acceptors (Lipinski definition) is 9. The van der Waals surface area contributed by atoms with Crippen LogP contribution in [-0.4, -0.2) is 58.4 Å². The van der Waals surface area contributed by atoms with Gasteiger partial charge < -0.3 is 18.9 Å².